The number of hydrogen-bond donors (Lipinski definition) is 2. The molecule has 2 aromatic heterocycles. The van der Waals surface area contributed by atoms with E-state index in [-0.39, 0.29) is 5.71 Å². The van der Waals surface area contributed by atoms with Crippen molar-refractivity contribution in [2.75, 3.05) is 0 Å². The predicted molar refractivity (Wildman–Crippen MR) is 64.9 cm³/mol. The van der Waals surface area contributed by atoms with E-state index in [0.717, 1.165) is 12.0 Å². The van der Waals surface area contributed by atoms with Crippen molar-refractivity contribution in [1.82, 2.24) is 9.97 Å². The Hall–Kier alpha value is -2.11. The van der Waals surface area contributed by atoms with E-state index < -0.39 is 16.9 Å². The fraction of sp³-hybridized carbons (Fsp3) is 0.417. The molecule has 0 fully saturated rings. The first-order valence-corrected chi connectivity index (χ1v) is 5.87. The summed E-state index contributed by atoms with van der Waals surface area (Å²) in [6.07, 6.45) is 2.18. The molecular formula is C12H12N2O4. The molecule has 2 aromatic rings. The summed E-state index contributed by atoms with van der Waals surface area (Å²) in [5.74, 6) is 0.411. The van der Waals surface area contributed by atoms with E-state index in [2.05, 4.69) is 16.9 Å². The van der Waals surface area contributed by atoms with Gasteiger partial charge in [0.25, 0.3) is 5.56 Å². The molecule has 1 unspecified atom stereocenters. The number of rotatable bonds is 0. The van der Waals surface area contributed by atoms with Gasteiger partial charge in [0.2, 0.25) is 5.71 Å². The lowest BCUT2D eigenvalue weighted by atomic mass is 9.85. The van der Waals surface area contributed by atoms with E-state index >= 15 is 0 Å². The third kappa shape index (κ3) is 1.53. The van der Waals surface area contributed by atoms with Crippen molar-refractivity contribution in [2.24, 2.45) is 5.92 Å². The molecular weight excluding hydrogens is 236 g/mol. The molecule has 6 nitrogen and oxygen atoms in total. The zero-order valence-electron chi connectivity index (χ0n) is 9.83. The van der Waals surface area contributed by atoms with Crippen LogP contribution in [-0.2, 0) is 12.8 Å². The fourth-order valence-corrected chi connectivity index (χ4v) is 2.56. The Morgan fingerprint density at radius 3 is 2.72 bits per heavy atom. The van der Waals surface area contributed by atoms with Gasteiger partial charge in [-0.05, 0) is 30.7 Å². The Labute approximate surface area is 101 Å². The molecule has 0 amide bonds. The maximum absolute atomic E-state index is 11.9. The van der Waals surface area contributed by atoms with E-state index in [1.54, 1.807) is 0 Å². The molecule has 18 heavy (non-hydrogen) atoms. The minimum Gasteiger partial charge on any atom is -0.405 e. The Bertz CT molecular complexity index is 796. The van der Waals surface area contributed by atoms with Gasteiger partial charge in [-0.1, -0.05) is 6.92 Å². The first kappa shape index (κ1) is 11.0. The molecule has 2 N–H and O–H groups in total. The minimum atomic E-state index is -0.667. The maximum Gasteiger partial charge on any atom is 0.340 e. The van der Waals surface area contributed by atoms with Gasteiger partial charge in [-0.15, -0.1) is 0 Å². The summed E-state index contributed by atoms with van der Waals surface area (Å²) in [4.78, 5) is 39.4. The Morgan fingerprint density at radius 2 is 1.94 bits per heavy atom. The van der Waals surface area contributed by atoms with Gasteiger partial charge in [-0.25, -0.2) is 9.59 Å². The van der Waals surface area contributed by atoms with Crippen molar-refractivity contribution in [1.29, 1.82) is 0 Å². The first-order chi connectivity index (χ1) is 8.56. The van der Waals surface area contributed by atoms with Crippen LogP contribution in [0.5, 0.6) is 0 Å². The van der Waals surface area contributed by atoms with Crippen LogP contribution in [-0.4, -0.2) is 9.97 Å². The lowest BCUT2D eigenvalue weighted by Crippen LogP contribution is -2.28. The molecule has 1 atom stereocenters. The molecule has 0 bridgehead atoms. The predicted octanol–water partition coefficient (Wildman–Crippen LogP) is 0.294. The topological polar surface area (TPSA) is 95.9 Å². The standard InChI is InChI=1S/C12H12N2O4/c1-5-2-3-6-7(4-5)8-9(15)13-12(17)14-10(8)18-11(6)16/h5H,2-4H2,1H3,(H2,13,14,15,17). The van der Waals surface area contributed by atoms with Gasteiger partial charge in [0, 0.05) is 5.56 Å². The molecule has 94 valence electrons. The lowest BCUT2D eigenvalue weighted by Gasteiger charge is -2.20. The van der Waals surface area contributed by atoms with Crippen LogP contribution in [0.15, 0.2) is 18.8 Å². The van der Waals surface area contributed by atoms with Crippen LogP contribution in [0.25, 0.3) is 11.1 Å². The van der Waals surface area contributed by atoms with Crippen molar-refractivity contribution in [2.45, 2.75) is 26.2 Å². The average molecular weight is 248 g/mol. The molecule has 0 aromatic carbocycles. The molecule has 1 aliphatic rings. The molecule has 0 radical (unpaired) electrons. The van der Waals surface area contributed by atoms with Crippen LogP contribution < -0.4 is 16.9 Å². The number of H-pyrrole nitrogens is 2. The minimum absolute atomic E-state index is 0.0263. The summed E-state index contributed by atoms with van der Waals surface area (Å²) in [7, 11) is 0. The van der Waals surface area contributed by atoms with Gasteiger partial charge in [0.15, 0.2) is 0 Å². The molecule has 3 rings (SSSR count). The van der Waals surface area contributed by atoms with Crippen LogP contribution in [0.1, 0.15) is 24.5 Å². The number of hydrogen-bond acceptors (Lipinski definition) is 4. The number of nitrogens with one attached hydrogen (secondary N) is 2. The highest BCUT2D eigenvalue weighted by Gasteiger charge is 2.23. The number of aromatic nitrogens is 2. The van der Waals surface area contributed by atoms with E-state index in [1.165, 1.54) is 0 Å². The van der Waals surface area contributed by atoms with E-state index in [1.807, 2.05) is 0 Å². The Balaban J connectivity index is 2.50. The van der Waals surface area contributed by atoms with Gasteiger partial charge in [-0.3, -0.25) is 14.8 Å². The highest BCUT2D eigenvalue weighted by molar-refractivity contribution is 5.76. The van der Waals surface area contributed by atoms with Crippen molar-refractivity contribution >= 4 is 11.1 Å². The van der Waals surface area contributed by atoms with Crippen molar-refractivity contribution in [3.05, 3.63) is 42.4 Å². The van der Waals surface area contributed by atoms with Gasteiger partial charge in [0.05, 0.1) is 0 Å². The average Bonchev–Trinajstić information content (AvgIpc) is 2.27. The quantitative estimate of drug-likeness (QED) is 0.700. The maximum atomic E-state index is 11.9. The third-order valence-corrected chi connectivity index (χ3v) is 3.46. The van der Waals surface area contributed by atoms with E-state index in [4.69, 9.17) is 4.42 Å². The third-order valence-electron chi connectivity index (χ3n) is 3.46. The second kappa shape index (κ2) is 3.69. The summed E-state index contributed by atoms with van der Waals surface area (Å²) < 4.78 is 5.03. The van der Waals surface area contributed by atoms with Crippen molar-refractivity contribution < 1.29 is 4.42 Å². The van der Waals surface area contributed by atoms with Crippen LogP contribution in [0.2, 0.25) is 0 Å². The second-order valence-electron chi connectivity index (χ2n) is 4.81. The molecule has 2 heterocycles. The zero-order valence-corrected chi connectivity index (χ0v) is 9.83. The summed E-state index contributed by atoms with van der Waals surface area (Å²) in [5.41, 5.74) is -0.356. The van der Waals surface area contributed by atoms with Gasteiger partial charge < -0.3 is 4.42 Å². The fourth-order valence-electron chi connectivity index (χ4n) is 2.56. The second-order valence-corrected chi connectivity index (χ2v) is 4.81. The lowest BCUT2D eigenvalue weighted by molar-refractivity contribution is 0.470. The molecule has 0 aliphatic heterocycles. The van der Waals surface area contributed by atoms with Crippen molar-refractivity contribution in [3.8, 4) is 0 Å². The SMILES string of the molecule is CC1CCc2c(c3c(=O)[nH]c(=O)[nH]c3oc2=O)C1. The van der Waals surface area contributed by atoms with Crippen LogP contribution >= 0.6 is 0 Å². The van der Waals surface area contributed by atoms with Crippen LogP contribution in [0.4, 0.5) is 0 Å². The summed E-state index contributed by atoms with van der Waals surface area (Å²) >= 11 is 0. The highest BCUT2D eigenvalue weighted by Crippen LogP contribution is 2.26. The largest absolute Gasteiger partial charge is 0.405 e. The Kier molecular flexibility index (Phi) is 2.26. The molecule has 0 saturated carbocycles. The Morgan fingerprint density at radius 1 is 1.17 bits per heavy atom. The molecule has 0 spiro atoms. The monoisotopic (exact) mass is 248 g/mol. The van der Waals surface area contributed by atoms with E-state index in [0.29, 0.717) is 29.7 Å². The molecule has 6 heteroatoms. The zero-order chi connectivity index (χ0) is 12.9. The summed E-state index contributed by atoms with van der Waals surface area (Å²) in [5, 5.41) is 0.302. The number of fused-ring (bicyclic) bond motifs is 3. The summed E-state index contributed by atoms with van der Waals surface area (Å²) in [6.45, 7) is 2.07. The summed E-state index contributed by atoms with van der Waals surface area (Å²) in [6, 6.07) is 0. The smallest absolute Gasteiger partial charge is 0.340 e. The normalized spacial score (nSPS) is 18.8. The highest BCUT2D eigenvalue weighted by atomic mass is 16.4. The van der Waals surface area contributed by atoms with Crippen LogP contribution in [0, 0.1) is 5.92 Å². The van der Waals surface area contributed by atoms with Gasteiger partial charge >= 0.3 is 11.3 Å². The molecule has 0 saturated heterocycles. The van der Waals surface area contributed by atoms with Crippen LogP contribution in [0.3, 0.4) is 0 Å². The van der Waals surface area contributed by atoms with Gasteiger partial charge in [0.1, 0.15) is 5.39 Å². The van der Waals surface area contributed by atoms with Gasteiger partial charge in [-0.2, -0.15) is 0 Å². The van der Waals surface area contributed by atoms with E-state index in [9.17, 15) is 14.4 Å². The first-order valence-electron chi connectivity index (χ1n) is 5.87. The number of aromatic amines is 2. The molecule has 1 aliphatic carbocycles. The van der Waals surface area contributed by atoms with Crippen molar-refractivity contribution in [3.63, 3.8) is 0 Å².